The third kappa shape index (κ3) is 5.96. The van der Waals surface area contributed by atoms with E-state index in [2.05, 4.69) is 37.5 Å². The molecule has 0 amide bonds. The topological polar surface area (TPSA) is 29.5 Å². The number of hydrogen-bond acceptors (Lipinski definition) is 3. The highest BCUT2D eigenvalue weighted by molar-refractivity contribution is 5.75. The number of nitrogens with zero attached hydrogens (tertiary/aromatic N) is 1. The Morgan fingerprint density at radius 2 is 1.95 bits per heavy atom. The number of carbonyl (C=O) groups is 1. The lowest BCUT2D eigenvalue weighted by molar-refractivity contribution is -0.144. The van der Waals surface area contributed by atoms with Crippen LogP contribution in [0.3, 0.4) is 0 Å². The fourth-order valence-corrected chi connectivity index (χ4v) is 2.50. The minimum atomic E-state index is -0.0383. The number of rotatable bonds is 8. The van der Waals surface area contributed by atoms with Gasteiger partial charge in [-0.15, -0.1) is 5.92 Å². The van der Waals surface area contributed by atoms with Crippen LogP contribution in [0.5, 0.6) is 0 Å². The Morgan fingerprint density at radius 1 is 1.20 bits per heavy atom. The van der Waals surface area contributed by atoms with Crippen LogP contribution in [0.1, 0.15) is 59.3 Å². The first-order valence-corrected chi connectivity index (χ1v) is 8.09. The van der Waals surface area contributed by atoms with Crippen LogP contribution in [0.25, 0.3) is 0 Å². The Morgan fingerprint density at radius 3 is 2.60 bits per heavy atom. The Labute approximate surface area is 124 Å². The lowest BCUT2D eigenvalue weighted by Gasteiger charge is -2.13. The first kappa shape index (κ1) is 17.0. The first-order chi connectivity index (χ1) is 9.71. The van der Waals surface area contributed by atoms with Crippen LogP contribution in [-0.4, -0.2) is 36.6 Å². The molecule has 0 aliphatic carbocycles. The van der Waals surface area contributed by atoms with Crippen molar-refractivity contribution in [1.29, 1.82) is 0 Å². The van der Waals surface area contributed by atoms with Gasteiger partial charge >= 0.3 is 5.97 Å². The van der Waals surface area contributed by atoms with Crippen molar-refractivity contribution in [3.8, 4) is 11.8 Å². The van der Waals surface area contributed by atoms with Crippen LogP contribution in [0.4, 0.5) is 0 Å². The Hall–Kier alpha value is -1.01. The smallest absolute Gasteiger partial charge is 0.310 e. The molecule has 2 atom stereocenters. The second kappa shape index (κ2) is 9.83. The van der Waals surface area contributed by atoms with Crippen molar-refractivity contribution in [3.63, 3.8) is 0 Å². The van der Waals surface area contributed by atoms with Crippen molar-refractivity contribution in [3.05, 3.63) is 0 Å². The molecule has 1 heterocycles. The molecule has 0 radical (unpaired) electrons. The third-order valence-electron chi connectivity index (χ3n) is 3.96. The summed E-state index contributed by atoms with van der Waals surface area (Å²) >= 11 is 0. The fourth-order valence-electron chi connectivity index (χ4n) is 2.50. The van der Waals surface area contributed by atoms with Gasteiger partial charge < -0.3 is 4.74 Å². The van der Waals surface area contributed by atoms with Crippen molar-refractivity contribution in [2.24, 2.45) is 5.92 Å². The van der Waals surface area contributed by atoms with Gasteiger partial charge in [-0.3, -0.25) is 9.69 Å². The molecule has 1 fully saturated rings. The summed E-state index contributed by atoms with van der Waals surface area (Å²) in [5.74, 6) is 6.29. The molecule has 0 bridgehead atoms. The van der Waals surface area contributed by atoms with Crippen molar-refractivity contribution in [2.45, 2.75) is 65.4 Å². The van der Waals surface area contributed by atoms with Crippen molar-refractivity contribution >= 4 is 5.97 Å². The zero-order valence-electron chi connectivity index (χ0n) is 13.3. The van der Waals surface area contributed by atoms with E-state index in [1.165, 1.54) is 12.8 Å². The zero-order chi connectivity index (χ0) is 14.8. The van der Waals surface area contributed by atoms with Gasteiger partial charge in [-0.2, -0.15) is 0 Å². The molecule has 1 saturated heterocycles. The minimum absolute atomic E-state index is 0.00540. The number of esters is 1. The quantitative estimate of drug-likeness (QED) is 0.388. The maximum absolute atomic E-state index is 11.8. The van der Waals surface area contributed by atoms with E-state index in [9.17, 15) is 4.79 Å². The zero-order valence-corrected chi connectivity index (χ0v) is 13.3. The van der Waals surface area contributed by atoms with E-state index in [1.807, 2.05) is 0 Å². The maximum Gasteiger partial charge on any atom is 0.310 e. The number of unbranched alkanes of at least 4 members (excludes halogenated alkanes) is 2. The average Bonchev–Trinajstić information content (AvgIpc) is 2.80. The fraction of sp³-hybridized carbons (Fsp3) is 0.824. The van der Waals surface area contributed by atoms with E-state index in [4.69, 9.17) is 4.74 Å². The molecule has 1 rings (SSSR count). The third-order valence-corrected chi connectivity index (χ3v) is 3.96. The largest absolute Gasteiger partial charge is 0.462 e. The van der Waals surface area contributed by atoms with E-state index in [1.54, 1.807) is 0 Å². The normalized spacial score (nSPS) is 21.7. The molecule has 0 aromatic heterocycles. The van der Waals surface area contributed by atoms with E-state index in [0.717, 1.165) is 38.9 Å². The second-order valence-corrected chi connectivity index (χ2v) is 5.51. The molecule has 114 valence electrons. The highest BCUT2D eigenvalue weighted by Crippen LogP contribution is 2.27. The van der Waals surface area contributed by atoms with Crippen LogP contribution in [0.2, 0.25) is 0 Å². The lowest BCUT2D eigenvalue weighted by atomic mass is 9.99. The molecular formula is C17H29NO2. The van der Waals surface area contributed by atoms with E-state index < -0.39 is 0 Å². The van der Waals surface area contributed by atoms with Crippen molar-refractivity contribution in [2.75, 3.05) is 19.6 Å². The molecule has 0 unspecified atom stereocenters. The predicted octanol–water partition coefficient (Wildman–Crippen LogP) is 3.23. The van der Waals surface area contributed by atoms with Gasteiger partial charge in [0.05, 0.1) is 12.5 Å². The summed E-state index contributed by atoms with van der Waals surface area (Å²) < 4.78 is 5.42. The molecule has 0 spiro atoms. The molecule has 0 aromatic rings. The molecule has 0 aromatic carbocycles. The van der Waals surface area contributed by atoms with Gasteiger partial charge in [-0.05, 0) is 32.4 Å². The Balaban J connectivity index is 2.27. The summed E-state index contributed by atoms with van der Waals surface area (Å²) in [7, 11) is 0. The molecule has 1 aliphatic heterocycles. The van der Waals surface area contributed by atoms with Gasteiger partial charge in [-0.25, -0.2) is 0 Å². The van der Waals surface area contributed by atoms with Gasteiger partial charge in [0.25, 0.3) is 0 Å². The van der Waals surface area contributed by atoms with Crippen LogP contribution in [0.15, 0.2) is 0 Å². The molecule has 1 aliphatic rings. The van der Waals surface area contributed by atoms with Gasteiger partial charge in [0, 0.05) is 6.42 Å². The van der Waals surface area contributed by atoms with Gasteiger partial charge in [0.15, 0.2) is 0 Å². The summed E-state index contributed by atoms with van der Waals surface area (Å²) in [5.41, 5.74) is 0. The summed E-state index contributed by atoms with van der Waals surface area (Å²) in [6.07, 6.45) is 6.28. The van der Waals surface area contributed by atoms with Gasteiger partial charge in [-0.1, -0.05) is 39.5 Å². The van der Waals surface area contributed by atoms with Crippen molar-refractivity contribution in [1.82, 2.24) is 4.90 Å². The van der Waals surface area contributed by atoms with Crippen LogP contribution < -0.4 is 0 Å². The predicted molar refractivity (Wildman–Crippen MR) is 82.3 cm³/mol. The SMILES string of the molecule is CCCCC[C@H]1C[C@H](CC#CCN(CC)CC)C(=O)O1. The molecule has 3 nitrogen and oxygen atoms in total. The molecular weight excluding hydrogens is 250 g/mol. The minimum Gasteiger partial charge on any atom is -0.462 e. The highest BCUT2D eigenvalue weighted by atomic mass is 16.5. The van der Waals surface area contributed by atoms with E-state index >= 15 is 0 Å². The summed E-state index contributed by atoms with van der Waals surface area (Å²) in [6.45, 7) is 9.32. The number of ether oxygens (including phenoxy) is 1. The van der Waals surface area contributed by atoms with Crippen LogP contribution in [0, 0.1) is 17.8 Å². The monoisotopic (exact) mass is 279 g/mol. The Bertz CT molecular complexity index is 339. The molecule has 0 N–H and O–H groups in total. The van der Waals surface area contributed by atoms with Gasteiger partial charge in [0.2, 0.25) is 0 Å². The summed E-state index contributed by atoms with van der Waals surface area (Å²) in [5, 5.41) is 0. The summed E-state index contributed by atoms with van der Waals surface area (Å²) in [4.78, 5) is 14.0. The Kier molecular flexibility index (Phi) is 8.37. The number of carbonyl (C=O) groups excluding carboxylic acids is 1. The first-order valence-electron chi connectivity index (χ1n) is 8.09. The molecule has 3 heteroatoms. The second-order valence-electron chi connectivity index (χ2n) is 5.51. The highest BCUT2D eigenvalue weighted by Gasteiger charge is 2.33. The molecule has 0 saturated carbocycles. The molecule has 20 heavy (non-hydrogen) atoms. The van der Waals surface area contributed by atoms with Gasteiger partial charge in [0.1, 0.15) is 6.10 Å². The van der Waals surface area contributed by atoms with Crippen molar-refractivity contribution < 1.29 is 9.53 Å². The van der Waals surface area contributed by atoms with Crippen LogP contribution >= 0.6 is 0 Å². The summed E-state index contributed by atoms with van der Waals surface area (Å²) in [6, 6.07) is 0. The standard InChI is InChI=1S/C17H29NO2/c1-4-7-8-12-16-14-15(17(19)20-16)11-9-10-13-18(5-2)6-3/h15-16H,4-8,11-14H2,1-3H3/t15-,16-/m0/s1. The number of hydrogen-bond donors (Lipinski definition) is 0. The van der Waals surface area contributed by atoms with Crippen LogP contribution in [-0.2, 0) is 9.53 Å². The average molecular weight is 279 g/mol. The van der Waals surface area contributed by atoms with E-state index in [-0.39, 0.29) is 18.0 Å². The van der Waals surface area contributed by atoms with E-state index in [0.29, 0.717) is 6.42 Å². The number of cyclic esters (lactones) is 1. The maximum atomic E-state index is 11.8. The lowest BCUT2D eigenvalue weighted by Crippen LogP contribution is -2.22.